The number of alkyl halides is 3. The molecule has 2 heterocycles. The van der Waals surface area contributed by atoms with E-state index in [1.165, 1.54) is 21.1 Å². The molecule has 0 spiro atoms. The Morgan fingerprint density at radius 1 is 1.27 bits per heavy atom. The van der Waals surface area contributed by atoms with Crippen molar-refractivity contribution in [1.82, 2.24) is 14.2 Å². The van der Waals surface area contributed by atoms with Crippen molar-refractivity contribution < 1.29 is 22.8 Å². The van der Waals surface area contributed by atoms with E-state index in [4.69, 9.17) is 4.84 Å². The number of aryl methyl sites for hydroxylation is 2. The minimum atomic E-state index is -4.46. The van der Waals surface area contributed by atoms with Crippen molar-refractivity contribution in [3.05, 3.63) is 31.3 Å². The van der Waals surface area contributed by atoms with Gasteiger partial charge in [0.05, 0.1) is 18.9 Å². The Morgan fingerprint density at radius 2 is 1.88 bits per heavy atom. The molecular weight excluding hydrogens is 375 g/mol. The Bertz CT molecular complexity index is 958. The van der Waals surface area contributed by atoms with Gasteiger partial charge in [-0.2, -0.15) is 13.2 Å². The van der Waals surface area contributed by atoms with Crippen LogP contribution in [0.2, 0.25) is 0 Å². The summed E-state index contributed by atoms with van der Waals surface area (Å²) in [5.41, 5.74) is -1.13. The Hall–Kier alpha value is -2.14. The highest BCUT2D eigenvalue weighted by Crippen LogP contribution is 2.30. The number of hydrogen-bond donors (Lipinski definition) is 0. The largest absolute Gasteiger partial charge is 0.390 e. The molecule has 0 fully saturated rings. The van der Waals surface area contributed by atoms with Crippen LogP contribution in [0.5, 0.6) is 0 Å². The van der Waals surface area contributed by atoms with Crippen molar-refractivity contribution in [2.24, 2.45) is 0 Å². The van der Waals surface area contributed by atoms with Crippen LogP contribution in [-0.4, -0.2) is 40.4 Å². The first-order valence-corrected chi connectivity index (χ1v) is 8.50. The summed E-state index contributed by atoms with van der Waals surface area (Å²) in [6, 6.07) is 0. The molecule has 2 rings (SSSR count). The molecule has 144 valence electrons. The summed E-state index contributed by atoms with van der Waals surface area (Å²) >= 11 is 0.812. The molecule has 0 atom stereocenters. The standard InChI is InChI=1S/C15H18F3N3O4S/c1-5-20-11(22)9-8(2)10(12(23)19(3)25-4)26-13(9)21(14(20)24)7-6-15(16,17)18/h5-7H2,1-4H3. The predicted octanol–water partition coefficient (Wildman–Crippen LogP) is 2.14. The fraction of sp³-hybridized carbons (Fsp3) is 0.533. The third-order valence-electron chi connectivity index (χ3n) is 3.98. The van der Waals surface area contributed by atoms with Crippen molar-refractivity contribution in [3.8, 4) is 0 Å². The molecule has 0 saturated heterocycles. The van der Waals surface area contributed by atoms with Crippen LogP contribution in [0.15, 0.2) is 9.59 Å². The average Bonchev–Trinajstić information content (AvgIpc) is 2.90. The SMILES string of the molecule is CCn1c(=O)c2c(C)c(C(=O)N(C)OC)sc2n(CCC(F)(F)F)c1=O. The lowest BCUT2D eigenvalue weighted by Gasteiger charge is -2.12. The van der Waals surface area contributed by atoms with Crippen molar-refractivity contribution in [2.45, 2.75) is 39.5 Å². The van der Waals surface area contributed by atoms with E-state index in [1.807, 2.05) is 0 Å². The maximum absolute atomic E-state index is 12.6. The first-order chi connectivity index (χ1) is 12.0. The summed E-state index contributed by atoms with van der Waals surface area (Å²) in [6.45, 7) is 2.45. The van der Waals surface area contributed by atoms with Gasteiger partial charge in [-0.15, -0.1) is 11.3 Å². The van der Waals surface area contributed by atoms with Crippen molar-refractivity contribution in [1.29, 1.82) is 0 Å². The molecule has 2 aromatic rings. The Balaban J connectivity index is 2.80. The first kappa shape index (κ1) is 20.2. The zero-order valence-electron chi connectivity index (χ0n) is 14.6. The van der Waals surface area contributed by atoms with Crippen LogP contribution in [0, 0.1) is 6.92 Å². The number of aromatic nitrogens is 2. The molecule has 0 aliphatic heterocycles. The van der Waals surface area contributed by atoms with Gasteiger partial charge in [0.25, 0.3) is 11.5 Å². The summed E-state index contributed by atoms with van der Waals surface area (Å²) in [5.74, 6) is -0.552. The van der Waals surface area contributed by atoms with Gasteiger partial charge in [0.1, 0.15) is 9.71 Å². The number of carbonyl (C=O) groups is 1. The summed E-state index contributed by atoms with van der Waals surface area (Å²) in [4.78, 5) is 42.5. The van der Waals surface area contributed by atoms with E-state index in [-0.39, 0.29) is 21.6 Å². The lowest BCUT2D eigenvalue weighted by molar-refractivity contribution is -0.136. The molecule has 0 saturated carbocycles. The topological polar surface area (TPSA) is 73.5 Å². The van der Waals surface area contributed by atoms with Gasteiger partial charge >= 0.3 is 11.9 Å². The van der Waals surface area contributed by atoms with Crippen LogP contribution in [0.1, 0.15) is 28.6 Å². The molecule has 0 aliphatic carbocycles. The molecule has 0 radical (unpaired) electrons. The number of thiophene rings is 1. The number of carbonyl (C=O) groups excluding carboxylic acids is 1. The maximum Gasteiger partial charge on any atom is 0.390 e. The number of amides is 1. The molecule has 0 N–H and O–H groups in total. The van der Waals surface area contributed by atoms with Gasteiger partial charge in [-0.25, -0.2) is 9.86 Å². The van der Waals surface area contributed by atoms with E-state index in [9.17, 15) is 27.6 Å². The summed E-state index contributed by atoms with van der Waals surface area (Å²) < 4.78 is 39.7. The van der Waals surface area contributed by atoms with E-state index in [0.717, 1.165) is 25.5 Å². The smallest absolute Gasteiger partial charge is 0.284 e. The number of rotatable bonds is 5. The van der Waals surface area contributed by atoms with E-state index >= 15 is 0 Å². The molecule has 2 aromatic heterocycles. The summed E-state index contributed by atoms with van der Waals surface area (Å²) in [5, 5.41) is 1.01. The quantitative estimate of drug-likeness (QED) is 0.730. The Morgan fingerprint density at radius 3 is 2.38 bits per heavy atom. The van der Waals surface area contributed by atoms with Crippen LogP contribution >= 0.6 is 11.3 Å². The highest BCUT2D eigenvalue weighted by molar-refractivity contribution is 7.20. The third kappa shape index (κ3) is 3.54. The zero-order valence-corrected chi connectivity index (χ0v) is 15.5. The second kappa shape index (κ2) is 7.23. The predicted molar refractivity (Wildman–Crippen MR) is 90.5 cm³/mol. The summed E-state index contributed by atoms with van der Waals surface area (Å²) in [6.07, 6.45) is -5.68. The summed E-state index contributed by atoms with van der Waals surface area (Å²) in [7, 11) is 2.65. The van der Waals surface area contributed by atoms with Gasteiger partial charge < -0.3 is 0 Å². The third-order valence-corrected chi connectivity index (χ3v) is 5.29. The molecule has 0 bridgehead atoms. The van der Waals surface area contributed by atoms with E-state index < -0.39 is 36.3 Å². The Kier molecular flexibility index (Phi) is 5.61. The number of hydroxylamine groups is 2. The monoisotopic (exact) mass is 393 g/mol. The maximum atomic E-state index is 12.6. The second-order valence-electron chi connectivity index (χ2n) is 5.57. The van der Waals surface area contributed by atoms with Crippen LogP contribution < -0.4 is 11.2 Å². The fourth-order valence-corrected chi connectivity index (χ4v) is 3.83. The zero-order chi connectivity index (χ0) is 19.8. The molecule has 0 aliphatic rings. The lowest BCUT2D eigenvalue weighted by atomic mass is 10.2. The van der Waals surface area contributed by atoms with Crippen LogP contribution in [0.4, 0.5) is 13.2 Å². The van der Waals surface area contributed by atoms with E-state index in [0.29, 0.717) is 5.56 Å². The van der Waals surface area contributed by atoms with E-state index in [1.54, 1.807) is 6.92 Å². The first-order valence-electron chi connectivity index (χ1n) is 7.69. The van der Waals surface area contributed by atoms with Crippen molar-refractivity contribution in [2.75, 3.05) is 14.2 Å². The number of fused-ring (bicyclic) bond motifs is 1. The van der Waals surface area contributed by atoms with E-state index in [2.05, 4.69) is 0 Å². The molecule has 0 unspecified atom stereocenters. The molecule has 26 heavy (non-hydrogen) atoms. The van der Waals surface area contributed by atoms with Gasteiger partial charge in [-0.1, -0.05) is 0 Å². The molecule has 11 heteroatoms. The number of hydrogen-bond acceptors (Lipinski definition) is 5. The van der Waals surface area contributed by atoms with Gasteiger partial charge in [0, 0.05) is 20.1 Å². The normalized spacial score (nSPS) is 12.0. The minimum absolute atomic E-state index is 0.0101. The minimum Gasteiger partial charge on any atom is -0.284 e. The molecule has 7 nitrogen and oxygen atoms in total. The Labute approximate surface area is 150 Å². The lowest BCUT2D eigenvalue weighted by Crippen LogP contribution is -2.39. The molecular formula is C15H18F3N3O4S. The van der Waals surface area contributed by atoms with Crippen LogP contribution in [0.3, 0.4) is 0 Å². The van der Waals surface area contributed by atoms with Gasteiger partial charge in [0.15, 0.2) is 0 Å². The number of halogens is 3. The van der Waals surface area contributed by atoms with Gasteiger partial charge in [0.2, 0.25) is 0 Å². The van der Waals surface area contributed by atoms with Crippen molar-refractivity contribution >= 4 is 27.5 Å². The highest BCUT2D eigenvalue weighted by Gasteiger charge is 2.29. The second-order valence-corrected chi connectivity index (χ2v) is 6.57. The molecule has 1 amide bonds. The van der Waals surface area contributed by atoms with Crippen molar-refractivity contribution in [3.63, 3.8) is 0 Å². The highest BCUT2D eigenvalue weighted by atomic mass is 32.1. The van der Waals surface area contributed by atoms with Crippen LogP contribution in [0.25, 0.3) is 10.2 Å². The average molecular weight is 393 g/mol. The molecule has 0 aromatic carbocycles. The van der Waals surface area contributed by atoms with Gasteiger partial charge in [-0.3, -0.25) is 23.6 Å². The van der Waals surface area contributed by atoms with Gasteiger partial charge in [-0.05, 0) is 19.4 Å². The number of nitrogens with zero attached hydrogens (tertiary/aromatic N) is 3. The van der Waals surface area contributed by atoms with Crippen LogP contribution in [-0.2, 0) is 17.9 Å². The fourth-order valence-electron chi connectivity index (χ4n) is 2.54.